The largest absolute Gasteiger partial charge is 0.382 e. The molecule has 4 heteroatoms. The lowest BCUT2D eigenvalue weighted by molar-refractivity contribution is 0.281. The fourth-order valence-corrected chi connectivity index (χ4v) is 6.94. The van der Waals surface area contributed by atoms with Gasteiger partial charge in [0.2, 0.25) is 5.95 Å². The molecule has 1 N–H and O–H groups in total. The predicted molar refractivity (Wildman–Crippen MR) is 186 cm³/mol. The van der Waals surface area contributed by atoms with Crippen LogP contribution in [0.5, 0.6) is 0 Å². The van der Waals surface area contributed by atoms with Crippen molar-refractivity contribution in [2.75, 3.05) is 23.3 Å². The van der Waals surface area contributed by atoms with E-state index in [0.717, 1.165) is 49.9 Å². The van der Waals surface area contributed by atoms with Gasteiger partial charge in [-0.2, -0.15) is 0 Å². The minimum Gasteiger partial charge on any atom is -0.382 e. The van der Waals surface area contributed by atoms with Gasteiger partial charge >= 0.3 is 0 Å². The summed E-state index contributed by atoms with van der Waals surface area (Å²) in [5, 5.41) is 3.73. The average molecular weight is 585 g/mol. The Balaban J connectivity index is 0.992. The van der Waals surface area contributed by atoms with Gasteiger partial charge in [0, 0.05) is 42.1 Å². The Labute approximate surface area is 264 Å². The molecule has 0 bridgehead atoms. The summed E-state index contributed by atoms with van der Waals surface area (Å²) in [5.74, 6) is 1.66. The van der Waals surface area contributed by atoms with Gasteiger partial charge in [-0.1, -0.05) is 81.1 Å². The molecule has 2 heterocycles. The van der Waals surface area contributed by atoms with Crippen molar-refractivity contribution in [3.05, 3.63) is 125 Å². The van der Waals surface area contributed by atoms with Gasteiger partial charge in [0.05, 0.1) is 0 Å². The Hall–Kier alpha value is -3.92. The SMILES string of the molecule is C=Cc1ccc(N[C@H]2C[C@@H](Cc3ccc(C(C)(C)c4ccc(CCc5ccnc(N6CCCCC6)n5)cc4)cc3)C2)cc1C. The zero-order valence-electron chi connectivity index (χ0n) is 26.9. The van der Waals surface area contributed by atoms with Crippen molar-refractivity contribution in [3.63, 3.8) is 0 Å². The number of hydrogen-bond donors (Lipinski definition) is 1. The fourth-order valence-electron chi connectivity index (χ4n) is 6.94. The Kier molecular flexibility index (Phi) is 9.16. The van der Waals surface area contributed by atoms with Gasteiger partial charge in [-0.05, 0) is 116 Å². The fraction of sp³-hybridized carbons (Fsp3) is 0.400. The van der Waals surface area contributed by atoms with Gasteiger partial charge in [-0.15, -0.1) is 0 Å². The van der Waals surface area contributed by atoms with Crippen LogP contribution in [0.15, 0.2) is 85.6 Å². The molecule has 4 aromatic rings. The van der Waals surface area contributed by atoms with Crippen molar-refractivity contribution < 1.29 is 0 Å². The number of nitrogens with one attached hydrogen (secondary N) is 1. The van der Waals surface area contributed by atoms with E-state index in [9.17, 15) is 0 Å². The lowest BCUT2D eigenvalue weighted by atomic mass is 9.75. The standard InChI is InChI=1S/C40H48N4/c1-5-33-14-20-37(25-29(33)2)42-38-27-32(28-38)26-31-11-17-35(18-12-31)40(3,4)34-15-9-30(10-16-34)13-19-36-21-22-41-39(43-36)44-23-7-6-8-24-44/h5,9-12,14-18,20-22,25,32,38,42H,1,6-8,13,19,23-24,26-28H2,2-4H3/t32-,38+. The summed E-state index contributed by atoms with van der Waals surface area (Å²) in [7, 11) is 0. The highest BCUT2D eigenvalue weighted by atomic mass is 15.2. The summed E-state index contributed by atoms with van der Waals surface area (Å²) in [6.45, 7) is 12.9. The second kappa shape index (κ2) is 13.4. The molecular formula is C40H48N4. The van der Waals surface area contributed by atoms with Crippen molar-refractivity contribution in [1.82, 2.24) is 9.97 Å². The normalized spacial score (nSPS) is 18.5. The van der Waals surface area contributed by atoms with Crippen LogP contribution in [0, 0.1) is 12.8 Å². The molecule has 1 aliphatic heterocycles. The lowest BCUT2D eigenvalue weighted by Gasteiger charge is -2.37. The highest BCUT2D eigenvalue weighted by Gasteiger charge is 2.29. The maximum atomic E-state index is 4.88. The molecule has 228 valence electrons. The molecule has 4 nitrogen and oxygen atoms in total. The van der Waals surface area contributed by atoms with Crippen LogP contribution >= 0.6 is 0 Å². The molecule has 1 saturated heterocycles. The van der Waals surface area contributed by atoms with Crippen LogP contribution in [0.3, 0.4) is 0 Å². The third-order valence-electron chi connectivity index (χ3n) is 9.98. The van der Waals surface area contributed by atoms with Crippen LogP contribution in [-0.4, -0.2) is 29.1 Å². The number of anilines is 2. The van der Waals surface area contributed by atoms with Crippen molar-refractivity contribution >= 4 is 17.7 Å². The second-order valence-electron chi connectivity index (χ2n) is 13.6. The number of rotatable bonds is 11. The van der Waals surface area contributed by atoms with Crippen LogP contribution in [0.25, 0.3) is 6.08 Å². The van der Waals surface area contributed by atoms with E-state index in [1.807, 2.05) is 12.3 Å². The average Bonchev–Trinajstić information content (AvgIpc) is 3.04. The summed E-state index contributed by atoms with van der Waals surface area (Å²) >= 11 is 0. The van der Waals surface area contributed by atoms with E-state index >= 15 is 0 Å². The molecule has 6 rings (SSSR count). The van der Waals surface area contributed by atoms with E-state index in [0.29, 0.717) is 6.04 Å². The number of benzene rings is 3. The maximum Gasteiger partial charge on any atom is 0.225 e. The van der Waals surface area contributed by atoms with Gasteiger partial charge in [0.25, 0.3) is 0 Å². The summed E-state index contributed by atoms with van der Waals surface area (Å²) in [6.07, 6.45) is 13.2. The predicted octanol–water partition coefficient (Wildman–Crippen LogP) is 8.96. The molecule has 2 aliphatic rings. The summed E-state index contributed by atoms with van der Waals surface area (Å²) < 4.78 is 0. The van der Waals surface area contributed by atoms with Gasteiger partial charge in [0.15, 0.2) is 0 Å². The minimum absolute atomic E-state index is 0.0438. The number of nitrogens with zero attached hydrogens (tertiary/aromatic N) is 3. The molecule has 2 fully saturated rings. The third kappa shape index (κ3) is 7.07. The Morgan fingerprint density at radius 1 is 0.864 bits per heavy atom. The van der Waals surface area contributed by atoms with Crippen molar-refractivity contribution in [2.24, 2.45) is 5.92 Å². The summed E-state index contributed by atoms with van der Waals surface area (Å²) in [5.41, 5.74) is 10.3. The first-order chi connectivity index (χ1) is 21.4. The van der Waals surface area contributed by atoms with Gasteiger partial charge < -0.3 is 10.2 Å². The minimum atomic E-state index is -0.0438. The lowest BCUT2D eigenvalue weighted by Crippen LogP contribution is -2.36. The van der Waals surface area contributed by atoms with Crippen LogP contribution in [-0.2, 0) is 24.7 Å². The smallest absolute Gasteiger partial charge is 0.225 e. The first-order valence-corrected chi connectivity index (χ1v) is 16.6. The van der Waals surface area contributed by atoms with E-state index in [1.54, 1.807) is 0 Å². The monoisotopic (exact) mass is 584 g/mol. The molecule has 0 radical (unpaired) electrons. The molecule has 0 unspecified atom stereocenters. The number of piperidine rings is 1. The van der Waals surface area contributed by atoms with Crippen LogP contribution in [0.2, 0.25) is 0 Å². The molecule has 1 aliphatic carbocycles. The Bertz CT molecular complexity index is 1540. The van der Waals surface area contributed by atoms with Crippen LogP contribution in [0.1, 0.15) is 85.0 Å². The topological polar surface area (TPSA) is 41.1 Å². The highest BCUT2D eigenvalue weighted by molar-refractivity contribution is 5.58. The third-order valence-corrected chi connectivity index (χ3v) is 9.98. The van der Waals surface area contributed by atoms with E-state index in [-0.39, 0.29) is 5.41 Å². The first kappa shape index (κ1) is 30.1. The molecule has 0 atom stereocenters. The second-order valence-corrected chi connectivity index (χ2v) is 13.6. The maximum absolute atomic E-state index is 4.88. The van der Waals surface area contributed by atoms with Crippen LogP contribution in [0.4, 0.5) is 11.6 Å². The Morgan fingerprint density at radius 3 is 2.20 bits per heavy atom. The summed E-state index contributed by atoms with van der Waals surface area (Å²) in [6, 6.07) is 27.8. The summed E-state index contributed by atoms with van der Waals surface area (Å²) in [4.78, 5) is 11.8. The molecule has 1 saturated carbocycles. The van der Waals surface area contributed by atoms with Crippen molar-refractivity contribution in [2.45, 2.75) is 83.6 Å². The molecule has 3 aromatic carbocycles. The van der Waals surface area contributed by atoms with E-state index in [4.69, 9.17) is 4.98 Å². The van der Waals surface area contributed by atoms with Gasteiger partial charge in [-0.3, -0.25) is 0 Å². The van der Waals surface area contributed by atoms with Crippen molar-refractivity contribution in [3.8, 4) is 0 Å². The zero-order chi connectivity index (χ0) is 30.5. The molecule has 44 heavy (non-hydrogen) atoms. The molecule has 0 spiro atoms. The number of aryl methyl sites for hydroxylation is 3. The van der Waals surface area contributed by atoms with Crippen LogP contribution < -0.4 is 10.2 Å². The highest BCUT2D eigenvalue weighted by Crippen LogP contribution is 2.35. The van der Waals surface area contributed by atoms with E-state index in [2.05, 4.69) is 115 Å². The quantitative estimate of drug-likeness (QED) is 0.191. The molecular weight excluding hydrogens is 536 g/mol. The van der Waals surface area contributed by atoms with Gasteiger partial charge in [0.1, 0.15) is 0 Å². The van der Waals surface area contributed by atoms with Gasteiger partial charge in [-0.25, -0.2) is 9.97 Å². The molecule has 0 amide bonds. The first-order valence-electron chi connectivity index (χ1n) is 16.6. The zero-order valence-corrected chi connectivity index (χ0v) is 26.9. The van der Waals surface area contributed by atoms with Crippen molar-refractivity contribution in [1.29, 1.82) is 0 Å². The Morgan fingerprint density at radius 2 is 1.55 bits per heavy atom. The molecule has 1 aromatic heterocycles. The number of hydrogen-bond acceptors (Lipinski definition) is 4. The van der Waals surface area contributed by atoms with E-state index in [1.165, 1.54) is 71.2 Å². The number of aromatic nitrogens is 2. The van der Waals surface area contributed by atoms with E-state index < -0.39 is 0 Å².